The second kappa shape index (κ2) is 7.42. The highest BCUT2D eigenvalue weighted by molar-refractivity contribution is 5.95. The molecule has 4 heteroatoms. The Balaban J connectivity index is 2.06. The van der Waals surface area contributed by atoms with Gasteiger partial charge in [0.2, 0.25) is 0 Å². The molecule has 0 aromatic heterocycles. The van der Waals surface area contributed by atoms with Crippen LogP contribution in [0.25, 0.3) is 0 Å². The Kier molecular flexibility index (Phi) is 5.57. The Labute approximate surface area is 132 Å². The van der Waals surface area contributed by atoms with Crippen LogP contribution in [0, 0.1) is 17.2 Å². The second-order valence-corrected chi connectivity index (χ2v) is 6.23. The number of methoxy groups -OCH3 is 1. The highest BCUT2D eigenvalue weighted by atomic mass is 16.5. The lowest BCUT2D eigenvalue weighted by molar-refractivity contribution is 0.0886. The smallest absolute Gasteiger partial charge is 0.252 e. The Morgan fingerprint density at radius 3 is 2.50 bits per heavy atom. The molecule has 1 aromatic rings. The van der Waals surface area contributed by atoms with E-state index in [2.05, 4.69) is 11.4 Å². The molecule has 2 rings (SSSR count). The van der Waals surface area contributed by atoms with Gasteiger partial charge in [0.1, 0.15) is 5.54 Å². The van der Waals surface area contributed by atoms with Gasteiger partial charge >= 0.3 is 0 Å². The molecule has 1 atom stereocenters. The number of amides is 1. The number of nitrogens with one attached hydrogen (secondary N) is 1. The molecule has 0 bridgehead atoms. The summed E-state index contributed by atoms with van der Waals surface area (Å²) in [6, 6.07) is 9.64. The molecule has 1 aliphatic carbocycles. The minimum Gasteiger partial charge on any atom is -0.380 e. The van der Waals surface area contributed by atoms with Crippen LogP contribution in [-0.2, 0) is 11.3 Å². The molecule has 1 N–H and O–H groups in total. The normalized spacial score (nSPS) is 18.2. The lowest BCUT2D eigenvalue weighted by Crippen LogP contribution is -2.51. The summed E-state index contributed by atoms with van der Waals surface area (Å²) in [5.74, 6) is 0.0570. The Bertz CT molecular complexity index is 541. The molecular weight excluding hydrogens is 276 g/mol. The van der Waals surface area contributed by atoms with Crippen molar-refractivity contribution in [2.75, 3.05) is 7.11 Å². The van der Waals surface area contributed by atoms with E-state index < -0.39 is 5.54 Å². The van der Waals surface area contributed by atoms with Crippen molar-refractivity contribution in [1.29, 1.82) is 5.26 Å². The van der Waals surface area contributed by atoms with Crippen molar-refractivity contribution in [2.45, 2.75) is 51.2 Å². The number of carbonyl (C=O) groups is 1. The van der Waals surface area contributed by atoms with E-state index in [0.717, 1.165) is 31.2 Å². The van der Waals surface area contributed by atoms with Crippen molar-refractivity contribution >= 4 is 5.91 Å². The maximum absolute atomic E-state index is 12.4. The number of ether oxygens (including phenoxy) is 1. The third-order valence-corrected chi connectivity index (χ3v) is 4.55. The third-order valence-electron chi connectivity index (χ3n) is 4.55. The maximum Gasteiger partial charge on any atom is 0.252 e. The fourth-order valence-electron chi connectivity index (χ4n) is 3.13. The van der Waals surface area contributed by atoms with Crippen LogP contribution >= 0.6 is 0 Å². The van der Waals surface area contributed by atoms with Crippen LogP contribution in [0.4, 0.5) is 0 Å². The Morgan fingerprint density at radius 1 is 1.32 bits per heavy atom. The van der Waals surface area contributed by atoms with E-state index in [9.17, 15) is 10.1 Å². The van der Waals surface area contributed by atoms with Gasteiger partial charge in [-0.15, -0.1) is 0 Å². The molecule has 0 aliphatic heterocycles. The topological polar surface area (TPSA) is 62.1 Å². The molecule has 1 unspecified atom stereocenters. The molecule has 1 amide bonds. The second-order valence-electron chi connectivity index (χ2n) is 6.23. The lowest BCUT2D eigenvalue weighted by atomic mass is 9.76. The van der Waals surface area contributed by atoms with Gasteiger partial charge in [-0.2, -0.15) is 5.26 Å². The number of carbonyl (C=O) groups excluding carboxylic acids is 1. The summed E-state index contributed by atoms with van der Waals surface area (Å²) in [7, 11) is 1.64. The summed E-state index contributed by atoms with van der Waals surface area (Å²) in [5, 5.41) is 12.5. The van der Waals surface area contributed by atoms with Crippen molar-refractivity contribution in [3.8, 4) is 6.07 Å². The molecule has 1 fully saturated rings. The molecule has 118 valence electrons. The largest absolute Gasteiger partial charge is 0.380 e. The molecule has 22 heavy (non-hydrogen) atoms. The maximum atomic E-state index is 12.4. The van der Waals surface area contributed by atoms with Gasteiger partial charge in [-0.1, -0.05) is 31.4 Å². The van der Waals surface area contributed by atoms with Gasteiger partial charge in [-0.05, 0) is 43.4 Å². The Hall–Kier alpha value is -1.86. The molecule has 1 saturated carbocycles. The molecular formula is C18H24N2O2. The molecule has 0 saturated heterocycles. The minimum atomic E-state index is -0.789. The van der Waals surface area contributed by atoms with Crippen molar-refractivity contribution in [1.82, 2.24) is 5.32 Å². The van der Waals surface area contributed by atoms with Crippen molar-refractivity contribution < 1.29 is 9.53 Å². The van der Waals surface area contributed by atoms with Gasteiger partial charge in [0.25, 0.3) is 5.91 Å². The summed E-state index contributed by atoms with van der Waals surface area (Å²) >= 11 is 0. The highest BCUT2D eigenvalue weighted by Crippen LogP contribution is 2.32. The number of hydrogen-bond donors (Lipinski definition) is 1. The first-order chi connectivity index (χ1) is 10.6. The summed E-state index contributed by atoms with van der Waals surface area (Å²) < 4.78 is 5.06. The van der Waals surface area contributed by atoms with E-state index >= 15 is 0 Å². The van der Waals surface area contributed by atoms with Gasteiger partial charge in [-0.3, -0.25) is 4.79 Å². The molecule has 1 aliphatic rings. The first-order valence-electron chi connectivity index (χ1n) is 7.90. The summed E-state index contributed by atoms with van der Waals surface area (Å²) in [6.07, 6.45) is 5.54. The first kappa shape index (κ1) is 16.5. The van der Waals surface area contributed by atoms with Crippen LogP contribution in [0.1, 0.15) is 54.9 Å². The van der Waals surface area contributed by atoms with Crippen LogP contribution in [0.2, 0.25) is 0 Å². The summed E-state index contributed by atoms with van der Waals surface area (Å²) in [4.78, 5) is 12.4. The number of nitrogens with zero attached hydrogens (tertiary/aromatic N) is 1. The zero-order valence-electron chi connectivity index (χ0n) is 13.4. The van der Waals surface area contributed by atoms with Gasteiger partial charge in [0.15, 0.2) is 0 Å². The quantitative estimate of drug-likeness (QED) is 0.906. The third kappa shape index (κ3) is 3.86. The van der Waals surface area contributed by atoms with E-state index in [1.807, 2.05) is 19.1 Å². The van der Waals surface area contributed by atoms with Crippen LogP contribution < -0.4 is 5.32 Å². The van der Waals surface area contributed by atoms with Crippen LogP contribution in [0.5, 0.6) is 0 Å². The van der Waals surface area contributed by atoms with E-state index in [1.54, 1.807) is 19.2 Å². The van der Waals surface area contributed by atoms with Crippen molar-refractivity contribution in [2.24, 2.45) is 5.92 Å². The number of benzene rings is 1. The zero-order chi connectivity index (χ0) is 16.0. The molecule has 0 spiro atoms. The van der Waals surface area contributed by atoms with E-state index in [4.69, 9.17) is 4.74 Å². The fourth-order valence-corrected chi connectivity index (χ4v) is 3.13. The van der Waals surface area contributed by atoms with Crippen LogP contribution in [0.3, 0.4) is 0 Å². The molecule has 0 radical (unpaired) electrons. The van der Waals surface area contributed by atoms with Gasteiger partial charge in [0, 0.05) is 12.7 Å². The Morgan fingerprint density at radius 2 is 1.95 bits per heavy atom. The number of nitriles is 1. The monoisotopic (exact) mass is 300 g/mol. The average molecular weight is 300 g/mol. The summed E-state index contributed by atoms with van der Waals surface area (Å²) in [5.41, 5.74) is 0.814. The van der Waals surface area contributed by atoms with E-state index in [0.29, 0.717) is 12.2 Å². The lowest BCUT2D eigenvalue weighted by Gasteiger charge is -2.35. The van der Waals surface area contributed by atoms with Crippen LogP contribution in [0.15, 0.2) is 24.3 Å². The first-order valence-corrected chi connectivity index (χ1v) is 7.90. The van der Waals surface area contributed by atoms with E-state index in [1.165, 1.54) is 6.42 Å². The highest BCUT2D eigenvalue weighted by Gasteiger charge is 2.36. The van der Waals surface area contributed by atoms with Gasteiger partial charge < -0.3 is 10.1 Å². The van der Waals surface area contributed by atoms with Crippen molar-refractivity contribution in [3.63, 3.8) is 0 Å². The molecule has 4 nitrogen and oxygen atoms in total. The molecule has 0 heterocycles. The minimum absolute atomic E-state index is 0.182. The summed E-state index contributed by atoms with van der Waals surface area (Å²) in [6.45, 7) is 2.38. The van der Waals surface area contributed by atoms with Gasteiger partial charge in [-0.25, -0.2) is 0 Å². The average Bonchev–Trinajstić information content (AvgIpc) is 2.56. The van der Waals surface area contributed by atoms with Crippen molar-refractivity contribution in [3.05, 3.63) is 35.4 Å². The number of rotatable bonds is 5. The standard InChI is InChI=1S/C18H24N2O2/c1-18(13-19,16-6-4-3-5-7-16)20-17(21)15-10-8-14(9-11-15)12-22-2/h8-11,16H,3-7,12H2,1-2H3,(H,20,21). The van der Waals surface area contributed by atoms with E-state index in [-0.39, 0.29) is 11.8 Å². The molecule has 1 aromatic carbocycles. The predicted molar refractivity (Wildman–Crippen MR) is 85.2 cm³/mol. The number of hydrogen-bond acceptors (Lipinski definition) is 3. The SMILES string of the molecule is COCc1ccc(C(=O)NC(C)(C#N)C2CCCCC2)cc1. The fraction of sp³-hybridized carbons (Fsp3) is 0.556. The zero-order valence-corrected chi connectivity index (χ0v) is 13.4. The van der Waals surface area contributed by atoms with Crippen LogP contribution in [-0.4, -0.2) is 18.6 Å². The predicted octanol–water partition coefficient (Wildman–Crippen LogP) is 3.43. The van der Waals surface area contributed by atoms with Gasteiger partial charge in [0.05, 0.1) is 12.7 Å².